The fraction of sp³-hybridized carbons (Fsp3) is 0.600. The molecule has 182 valence electrons. The number of amides is 1. The molecule has 0 bridgehead atoms. The van der Waals surface area contributed by atoms with E-state index in [9.17, 15) is 14.9 Å². The standard InChI is InChI=1S/C25H32N4O3S2/c1-3-4-12-28-22(27-10-6-5-7-11-27)19(17(2)20(15-26)23(28)30)14-21-24(31)29(25(33)34-21)16-18-9-8-13-32-18/h14,18H,3-13,16H2,1-2H3/b21-14+. The minimum absolute atomic E-state index is 0.0219. The summed E-state index contributed by atoms with van der Waals surface area (Å²) in [5.41, 5.74) is 1.33. The Balaban J connectivity index is 1.80. The smallest absolute Gasteiger partial charge is 0.270 e. The highest BCUT2D eigenvalue weighted by Gasteiger charge is 2.35. The Morgan fingerprint density at radius 1 is 1.24 bits per heavy atom. The van der Waals surface area contributed by atoms with E-state index < -0.39 is 0 Å². The second-order valence-corrected chi connectivity index (χ2v) is 10.8. The van der Waals surface area contributed by atoms with Crippen molar-refractivity contribution in [2.24, 2.45) is 0 Å². The first-order chi connectivity index (χ1) is 16.5. The van der Waals surface area contributed by atoms with Crippen LogP contribution >= 0.6 is 24.0 Å². The summed E-state index contributed by atoms with van der Waals surface area (Å²) in [7, 11) is 0. The summed E-state index contributed by atoms with van der Waals surface area (Å²) in [6.07, 6.45) is 8.89. The Hall–Kier alpha value is -2.15. The molecule has 7 nitrogen and oxygen atoms in total. The van der Waals surface area contributed by atoms with Gasteiger partial charge in [-0.1, -0.05) is 37.3 Å². The van der Waals surface area contributed by atoms with E-state index in [0.717, 1.165) is 69.6 Å². The van der Waals surface area contributed by atoms with Gasteiger partial charge in [-0.15, -0.1) is 0 Å². The summed E-state index contributed by atoms with van der Waals surface area (Å²) < 4.78 is 8.01. The molecule has 4 rings (SSSR count). The predicted molar refractivity (Wildman–Crippen MR) is 140 cm³/mol. The molecular formula is C25H32N4O3S2. The average Bonchev–Trinajstić information content (AvgIpc) is 3.45. The zero-order valence-electron chi connectivity index (χ0n) is 20.0. The van der Waals surface area contributed by atoms with Gasteiger partial charge in [-0.25, -0.2) is 0 Å². The van der Waals surface area contributed by atoms with Gasteiger partial charge in [0.2, 0.25) is 0 Å². The molecule has 0 aromatic carbocycles. The predicted octanol–water partition coefficient (Wildman–Crippen LogP) is 4.20. The van der Waals surface area contributed by atoms with Crippen molar-refractivity contribution in [3.05, 3.63) is 31.9 Å². The molecule has 0 aliphatic carbocycles. The molecule has 0 N–H and O–H groups in total. The van der Waals surface area contributed by atoms with Crippen molar-refractivity contribution in [2.75, 3.05) is 31.1 Å². The molecule has 1 atom stereocenters. The van der Waals surface area contributed by atoms with Crippen molar-refractivity contribution in [3.8, 4) is 6.07 Å². The normalized spacial score (nSPS) is 22.1. The summed E-state index contributed by atoms with van der Waals surface area (Å²) in [4.78, 5) is 31.1. The maximum absolute atomic E-state index is 13.3. The summed E-state index contributed by atoms with van der Waals surface area (Å²) in [5.74, 6) is 0.707. The van der Waals surface area contributed by atoms with Crippen LogP contribution in [-0.2, 0) is 16.1 Å². The van der Waals surface area contributed by atoms with Crippen LogP contribution in [0, 0.1) is 18.3 Å². The van der Waals surface area contributed by atoms with E-state index in [1.807, 2.05) is 13.0 Å². The maximum atomic E-state index is 13.3. The molecule has 3 saturated heterocycles. The minimum atomic E-state index is -0.239. The van der Waals surface area contributed by atoms with E-state index in [0.29, 0.717) is 27.9 Å². The molecule has 0 spiro atoms. The number of hydrogen-bond acceptors (Lipinski definition) is 7. The molecule has 0 radical (unpaired) electrons. The molecule has 3 aliphatic rings. The van der Waals surface area contributed by atoms with Crippen LogP contribution in [-0.4, -0.2) is 52.0 Å². The lowest BCUT2D eigenvalue weighted by atomic mass is 10.0. The number of aromatic nitrogens is 1. The molecule has 1 aromatic rings. The van der Waals surface area contributed by atoms with Crippen LogP contribution in [0.2, 0.25) is 0 Å². The number of rotatable bonds is 7. The van der Waals surface area contributed by atoms with Crippen LogP contribution in [0.15, 0.2) is 9.70 Å². The van der Waals surface area contributed by atoms with Crippen LogP contribution in [0.5, 0.6) is 0 Å². The lowest BCUT2D eigenvalue weighted by Gasteiger charge is -2.33. The summed E-state index contributed by atoms with van der Waals surface area (Å²) in [6.45, 7) is 7.37. The van der Waals surface area contributed by atoms with Crippen molar-refractivity contribution >= 4 is 46.1 Å². The van der Waals surface area contributed by atoms with Crippen LogP contribution < -0.4 is 10.5 Å². The average molecular weight is 501 g/mol. The van der Waals surface area contributed by atoms with Crippen molar-refractivity contribution in [3.63, 3.8) is 0 Å². The second-order valence-electron chi connectivity index (χ2n) is 9.13. The van der Waals surface area contributed by atoms with E-state index >= 15 is 0 Å². The lowest BCUT2D eigenvalue weighted by Crippen LogP contribution is -2.37. The van der Waals surface area contributed by atoms with Crippen LogP contribution in [0.3, 0.4) is 0 Å². The number of nitriles is 1. The third-order valence-electron chi connectivity index (χ3n) is 6.80. The van der Waals surface area contributed by atoms with E-state index in [-0.39, 0.29) is 23.1 Å². The van der Waals surface area contributed by atoms with Gasteiger partial charge in [0, 0.05) is 31.8 Å². The van der Waals surface area contributed by atoms with E-state index in [2.05, 4.69) is 17.9 Å². The topological polar surface area (TPSA) is 78.6 Å². The quantitative estimate of drug-likeness (QED) is 0.410. The highest BCUT2D eigenvalue weighted by molar-refractivity contribution is 8.26. The number of ether oxygens (including phenoxy) is 1. The Bertz CT molecular complexity index is 1090. The summed E-state index contributed by atoms with van der Waals surface area (Å²) >= 11 is 6.83. The second kappa shape index (κ2) is 11.1. The molecule has 1 aromatic heterocycles. The fourth-order valence-electron chi connectivity index (χ4n) is 4.89. The first-order valence-corrected chi connectivity index (χ1v) is 13.5. The molecule has 1 amide bonds. The molecule has 4 heterocycles. The van der Waals surface area contributed by atoms with Gasteiger partial charge in [-0.2, -0.15) is 5.26 Å². The molecular weight excluding hydrogens is 468 g/mol. The van der Waals surface area contributed by atoms with Crippen molar-refractivity contribution in [1.29, 1.82) is 5.26 Å². The number of hydrogen-bond donors (Lipinski definition) is 0. The van der Waals surface area contributed by atoms with Gasteiger partial charge in [0.05, 0.1) is 17.6 Å². The Labute approximate surface area is 210 Å². The lowest BCUT2D eigenvalue weighted by molar-refractivity contribution is -0.123. The van der Waals surface area contributed by atoms with E-state index in [1.165, 1.54) is 18.2 Å². The number of nitrogens with zero attached hydrogens (tertiary/aromatic N) is 4. The zero-order chi connectivity index (χ0) is 24.2. The molecule has 9 heteroatoms. The van der Waals surface area contributed by atoms with Gasteiger partial charge in [0.25, 0.3) is 11.5 Å². The SMILES string of the molecule is CCCCn1c(N2CCCCC2)c(/C=C2/SC(=S)N(CC3CCCO3)C2=O)c(C)c(C#N)c1=O. The molecule has 34 heavy (non-hydrogen) atoms. The van der Waals surface area contributed by atoms with Gasteiger partial charge in [0.15, 0.2) is 0 Å². The van der Waals surface area contributed by atoms with Crippen LogP contribution in [0.4, 0.5) is 5.82 Å². The number of piperidine rings is 1. The number of thiocarbonyl (C=S) groups is 1. The first kappa shape index (κ1) is 25.0. The number of pyridine rings is 1. The Morgan fingerprint density at radius 2 is 2.00 bits per heavy atom. The zero-order valence-corrected chi connectivity index (χ0v) is 21.6. The van der Waals surface area contributed by atoms with Crippen LogP contribution in [0.1, 0.15) is 68.6 Å². The number of carbonyl (C=O) groups excluding carboxylic acids is 1. The van der Waals surface area contributed by atoms with Crippen molar-refractivity contribution in [2.45, 2.75) is 71.4 Å². The third-order valence-corrected chi connectivity index (χ3v) is 8.17. The molecule has 3 fully saturated rings. The van der Waals surface area contributed by atoms with Crippen molar-refractivity contribution < 1.29 is 9.53 Å². The van der Waals surface area contributed by atoms with Gasteiger partial charge < -0.3 is 9.64 Å². The largest absolute Gasteiger partial charge is 0.376 e. The fourth-order valence-corrected chi connectivity index (χ4v) is 6.15. The third kappa shape index (κ3) is 4.95. The van der Waals surface area contributed by atoms with Crippen molar-refractivity contribution in [1.82, 2.24) is 9.47 Å². The number of unbranched alkanes of at least 4 members (excludes halogenated alkanes) is 1. The first-order valence-electron chi connectivity index (χ1n) is 12.3. The van der Waals surface area contributed by atoms with Gasteiger partial charge >= 0.3 is 0 Å². The maximum Gasteiger partial charge on any atom is 0.270 e. The van der Waals surface area contributed by atoms with Gasteiger partial charge in [0.1, 0.15) is 21.8 Å². The number of carbonyl (C=O) groups is 1. The Morgan fingerprint density at radius 3 is 2.65 bits per heavy atom. The minimum Gasteiger partial charge on any atom is -0.376 e. The highest BCUT2D eigenvalue weighted by Crippen LogP contribution is 2.37. The molecule has 1 unspecified atom stereocenters. The summed E-state index contributed by atoms with van der Waals surface area (Å²) in [5, 5.41) is 9.82. The molecule has 0 saturated carbocycles. The van der Waals surface area contributed by atoms with Crippen LogP contribution in [0.25, 0.3) is 6.08 Å². The summed E-state index contributed by atoms with van der Waals surface area (Å²) in [6, 6.07) is 2.13. The van der Waals surface area contributed by atoms with Gasteiger partial charge in [-0.3, -0.25) is 19.1 Å². The number of anilines is 1. The Kier molecular flexibility index (Phi) is 8.12. The highest BCUT2D eigenvalue weighted by atomic mass is 32.2. The number of thioether (sulfide) groups is 1. The monoisotopic (exact) mass is 500 g/mol. The molecule has 3 aliphatic heterocycles. The van der Waals surface area contributed by atoms with Gasteiger partial charge in [-0.05, 0) is 57.1 Å². The van der Waals surface area contributed by atoms with E-state index in [4.69, 9.17) is 17.0 Å². The van der Waals surface area contributed by atoms with E-state index in [1.54, 1.807) is 9.47 Å².